The number of nitrogens with one attached hydrogen (secondary N) is 1. The van der Waals surface area contributed by atoms with Crippen LogP contribution in [0, 0.1) is 0 Å². The number of alkyl halides is 6. The number of unbranched alkanes of at least 4 members (excludes halogenated alkanes) is 10. The van der Waals surface area contributed by atoms with E-state index in [0.717, 1.165) is 80.9 Å². The van der Waals surface area contributed by atoms with Crippen molar-refractivity contribution < 1.29 is 31.4 Å². The third-order valence-electron chi connectivity index (χ3n) is 12.4. The highest BCUT2D eigenvalue weighted by Gasteiger charge is 2.34. The van der Waals surface area contributed by atoms with Crippen LogP contribution in [0.2, 0.25) is 0 Å². The lowest BCUT2D eigenvalue weighted by Gasteiger charge is -2.21. The molecule has 0 aliphatic heterocycles. The molecule has 0 saturated heterocycles. The Bertz CT molecular complexity index is 3110. The normalized spacial score (nSPS) is 12.7. The molecule has 316 valence electrons. The molecule has 7 nitrogen and oxygen atoms in total. The van der Waals surface area contributed by atoms with E-state index < -0.39 is 42.9 Å². The van der Waals surface area contributed by atoms with Crippen molar-refractivity contribution in [2.24, 2.45) is 0 Å². The largest absolute Gasteiger partial charge is 0.494 e. The molecule has 0 bridgehead atoms. The quantitative estimate of drug-likeness (QED) is 0.0543. The maximum Gasteiger partial charge on any atom is 0.416 e. The number of aromatic amines is 1. The van der Waals surface area contributed by atoms with Crippen molar-refractivity contribution in [3.8, 4) is 5.88 Å². The molecule has 0 aliphatic rings. The average molecular weight is 831 g/mol. The Kier molecular flexibility index (Phi) is 11.2. The highest BCUT2D eigenvalue weighted by atomic mass is 19.4. The number of hydrogen-bond acceptors (Lipinski definition) is 4. The second kappa shape index (κ2) is 16.3. The van der Waals surface area contributed by atoms with Gasteiger partial charge in [-0.1, -0.05) is 84.6 Å². The second-order valence-corrected chi connectivity index (χ2v) is 16.3. The van der Waals surface area contributed by atoms with E-state index in [9.17, 15) is 22.7 Å². The van der Waals surface area contributed by atoms with Crippen molar-refractivity contribution in [1.29, 1.82) is 0 Å². The van der Waals surface area contributed by atoms with Gasteiger partial charge in [-0.05, 0) is 53.8 Å². The zero-order chi connectivity index (χ0) is 42.6. The average Bonchev–Trinajstić information content (AvgIpc) is 3.81. The van der Waals surface area contributed by atoms with Gasteiger partial charge in [0.2, 0.25) is 5.88 Å². The minimum absolute atomic E-state index is 0.00784. The van der Waals surface area contributed by atoms with Crippen LogP contribution in [0.1, 0.15) is 113 Å². The molecule has 2 N–H and O–H groups in total. The Hall–Kier alpha value is -5.33. The minimum atomic E-state index is -4.83. The van der Waals surface area contributed by atoms with E-state index in [-0.39, 0.29) is 111 Å². The first kappa shape index (κ1) is 41.4. The highest BCUT2D eigenvalue weighted by molar-refractivity contribution is 6.44. The van der Waals surface area contributed by atoms with E-state index in [0.29, 0.717) is 18.4 Å². The van der Waals surface area contributed by atoms with E-state index in [4.69, 9.17) is 4.98 Å². The third kappa shape index (κ3) is 6.54. The molecular weight excluding hydrogens is 783 g/mol. The summed E-state index contributed by atoms with van der Waals surface area (Å²) in [6.45, 7) is 5.68. The number of nitrogens with zero attached hydrogens (tertiary/aromatic N) is 3. The first-order valence-corrected chi connectivity index (χ1v) is 21.1. The van der Waals surface area contributed by atoms with Crippen LogP contribution in [0.3, 0.4) is 0 Å². The molecule has 8 rings (SSSR count). The van der Waals surface area contributed by atoms with Gasteiger partial charge in [0.05, 0.1) is 38.3 Å². The Balaban J connectivity index is 1.61. The number of benzene rings is 4. The number of rotatable bonds is 17. The summed E-state index contributed by atoms with van der Waals surface area (Å²) in [6.07, 6.45) is 5.87. The van der Waals surface area contributed by atoms with Crippen molar-refractivity contribution in [2.45, 2.75) is 130 Å². The van der Waals surface area contributed by atoms with Crippen molar-refractivity contribution in [1.82, 2.24) is 19.1 Å². The fourth-order valence-corrected chi connectivity index (χ4v) is 9.63. The molecule has 4 aromatic carbocycles. The second-order valence-electron chi connectivity index (χ2n) is 16.3. The number of hydrogen-bond donors (Lipinski definition) is 2. The van der Waals surface area contributed by atoms with Crippen LogP contribution in [-0.4, -0.2) is 24.2 Å². The predicted molar refractivity (Wildman–Crippen MR) is 229 cm³/mol. The SMILES string of the molecule is C=c1c2c3nc4cc(C(F)(F)F)cc(CF)c4c3c3c(=O)n(CCCCCCCC)c(=O)c4c5c([nH]c6cc(CF)cc(CF)c65)c(c(O)n1CCCCCCCC)c2c34. The summed E-state index contributed by atoms with van der Waals surface area (Å²) < 4.78 is 90.0. The first-order valence-electron chi connectivity index (χ1n) is 21.1. The lowest BCUT2D eigenvalue weighted by Crippen LogP contribution is -2.34. The zero-order valence-electron chi connectivity index (χ0n) is 33.9. The van der Waals surface area contributed by atoms with E-state index in [1.54, 1.807) is 4.57 Å². The van der Waals surface area contributed by atoms with Crippen molar-refractivity contribution in [3.63, 3.8) is 0 Å². The summed E-state index contributed by atoms with van der Waals surface area (Å²) in [5.74, 6) is -0.253. The summed E-state index contributed by atoms with van der Waals surface area (Å²) in [4.78, 5) is 38.3. The molecule has 0 atom stereocenters. The lowest BCUT2D eigenvalue weighted by atomic mass is 9.88. The fourth-order valence-electron chi connectivity index (χ4n) is 9.63. The molecule has 8 aromatic rings. The molecule has 0 spiro atoms. The van der Waals surface area contributed by atoms with Gasteiger partial charge in [0.15, 0.2) is 0 Å². The van der Waals surface area contributed by atoms with Gasteiger partial charge in [0.1, 0.15) is 20.0 Å². The number of aromatic nitrogens is 4. The van der Waals surface area contributed by atoms with E-state index in [1.165, 1.54) is 12.1 Å². The summed E-state index contributed by atoms with van der Waals surface area (Å²) in [7, 11) is 0. The molecule has 0 amide bonds. The first-order chi connectivity index (χ1) is 28.9. The molecule has 60 heavy (non-hydrogen) atoms. The molecule has 13 heteroatoms. The predicted octanol–water partition coefficient (Wildman–Crippen LogP) is 12.2. The van der Waals surface area contributed by atoms with Gasteiger partial charge in [-0.15, -0.1) is 0 Å². The molecule has 4 heterocycles. The lowest BCUT2D eigenvalue weighted by molar-refractivity contribution is -0.137. The van der Waals surface area contributed by atoms with Crippen LogP contribution >= 0.6 is 0 Å². The number of H-pyrrole nitrogens is 1. The maximum absolute atomic E-state index is 15.1. The maximum atomic E-state index is 15.1. The number of aromatic hydroxyl groups is 1. The number of pyridine rings is 2. The molecule has 0 aliphatic carbocycles. The van der Waals surface area contributed by atoms with Gasteiger partial charge < -0.3 is 14.7 Å². The molecule has 0 unspecified atom stereocenters. The molecule has 0 saturated carbocycles. The fraction of sp³-hybridized carbons (Fsp3) is 0.426. The molecule has 4 aromatic heterocycles. The summed E-state index contributed by atoms with van der Waals surface area (Å²) >= 11 is 0. The summed E-state index contributed by atoms with van der Waals surface area (Å²) in [6, 6.07) is 4.47. The number of fused-ring (bicyclic) bond motifs is 10. The van der Waals surface area contributed by atoms with E-state index in [1.807, 2.05) is 0 Å². The zero-order valence-corrected chi connectivity index (χ0v) is 33.9. The third-order valence-corrected chi connectivity index (χ3v) is 12.4. The van der Waals surface area contributed by atoms with Gasteiger partial charge in [0.25, 0.3) is 11.1 Å². The van der Waals surface area contributed by atoms with Crippen LogP contribution in [0.5, 0.6) is 5.88 Å². The highest BCUT2D eigenvalue weighted by Crippen LogP contribution is 2.49. The van der Waals surface area contributed by atoms with Crippen LogP contribution in [0.25, 0.3) is 82.5 Å². The van der Waals surface area contributed by atoms with Gasteiger partial charge in [-0.2, -0.15) is 13.2 Å². The standard InChI is InChI=1S/C47H48F6N4O3/c1-4-6-8-10-12-14-16-56-25(3)32-35-36-39(37-34-28(24-50)20-29(47(51,52)53)21-31(34)55-42(32)37)44(58)57(17-15-13-11-9-7-5-2)45(59)40(36)38-33-27(23-49)18-26(22-48)19-30(33)54-43(38)41(35)46(56)60/h18-21,54,60H,3-17,22-24H2,1-2H3. The Morgan fingerprint density at radius 3 is 1.80 bits per heavy atom. The van der Waals surface area contributed by atoms with Gasteiger partial charge >= 0.3 is 6.18 Å². The van der Waals surface area contributed by atoms with Crippen LogP contribution < -0.4 is 16.5 Å². The van der Waals surface area contributed by atoms with Crippen LogP contribution in [0.4, 0.5) is 26.3 Å². The molecule has 0 radical (unpaired) electrons. The van der Waals surface area contributed by atoms with Gasteiger partial charge in [-0.3, -0.25) is 14.2 Å². The van der Waals surface area contributed by atoms with Crippen molar-refractivity contribution >= 4 is 82.5 Å². The Labute approximate surface area is 341 Å². The minimum Gasteiger partial charge on any atom is -0.494 e. The van der Waals surface area contributed by atoms with Crippen molar-refractivity contribution in [2.75, 3.05) is 0 Å². The van der Waals surface area contributed by atoms with Gasteiger partial charge in [0, 0.05) is 61.7 Å². The monoisotopic (exact) mass is 830 g/mol. The van der Waals surface area contributed by atoms with Crippen LogP contribution in [-0.2, 0) is 39.3 Å². The summed E-state index contributed by atoms with van der Waals surface area (Å²) in [5.41, 5.74) is -2.10. The Morgan fingerprint density at radius 1 is 0.633 bits per heavy atom. The molecule has 0 fully saturated rings. The number of halogens is 6. The Morgan fingerprint density at radius 2 is 1.20 bits per heavy atom. The van der Waals surface area contributed by atoms with Crippen molar-refractivity contribution in [3.05, 3.63) is 72.6 Å². The summed E-state index contributed by atoms with van der Waals surface area (Å²) in [5, 5.41) is 14.0. The smallest absolute Gasteiger partial charge is 0.416 e. The topological polar surface area (TPSA) is 92.9 Å². The van der Waals surface area contributed by atoms with Crippen LogP contribution in [0.15, 0.2) is 33.9 Å². The molecular formula is C47H48F6N4O3. The van der Waals surface area contributed by atoms with Gasteiger partial charge in [-0.25, -0.2) is 18.2 Å². The van der Waals surface area contributed by atoms with E-state index >= 15 is 18.4 Å². The van der Waals surface area contributed by atoms with E-state index in [2.05, 4.69) is 25.4 Å².